The quantitative estimate of drug-likeness (QED) is 0.734. The molecule has 0 radical (unpaired) electrons. The molecule has 0 saturated heterocycles. The van der Waals surface area contributed by atoms with Crippen LogP contribution in [0.15, 0.2) is 12.1 Å². The molecule has 1 rings (SSSR count). The molecule has 0 fully saturated rings. The summed E-state index contributed by atoms with van der Waals surface area (Å²) < 4.78 is 5.92. The van der Waals surface area contributed by atoms with Gasteiger partial charge in [0, 0.05) is 18.3 Å². The fourth-order valence-electron chi connectivity index (χ4n) is 2.17. The number of unbranched alkanes of at least 4 members (excludes halogenated alkanes) is 1. The largest absolute Gasteiger partial charge is 0.477 e. The highest BCUT2D eigenvalue weighted by Gasteiger charge is 2.10. The highest BCUT2D eigenvalue weighted by Crippen LogP contribution is 2.20. The molecule has 1 aromatic heterocycles. The summed E-state index contributed by atoms with van der Waals surface area (Å²) in [6, 6.07) is 4.05. The van der Waals surface area contributed by atoms with Crippen LogP contribution in [-0.4, -0.2) is 11.6 Å². The maximum atomic E-state index is 5.92. The minimum absolute atomic E-state index is 0.394. The first kappa shape index (κ1) is 17.0. The topological polar surface area (TPSA) is 48.1 Å². The number of pyridine rings is 1. The van der Waals surface area contributed by atoms with Crippen LogP contribution in [0.1, 0.15) is 70.6 Å². The third-order valence-electron chi connectivity index (χ3n) is 3.72. The molecule has 0 saturated carbocycles. The van der Waals surface area contributed by atoms with Crippen LogP contribution in [0.3, 0.4) is 0 Å². The third-order valence-corrected chi connectivity index (χ3v) is 3.72. The van der Waals surface area contributed by atoms with E-state index in [0.29, 0.717) is 18.4 Å². The lowest BCUT2D eigenvalue weighted by molar-refractivity contribution is 0.225. The zero-order valence-electron chi connectivity index (χ0n) is 13.5. The van der Waals surface area contributed by atoms with Gasteiger partial charge in [0.25, 0.3) is 0 Å². The van der Waals surface area contributed by atoms with Crippen LogP contribution in [0.25, 0.3) is 0 Å². The number of nitrogens with zero attached hydrogens (tertiary/aromatic N) is 1. The summed E-state index contributed by atoms with van der Waals surface area (Å²) in [5.41, 5.74) is 7.91. The average Bonchev–Trinajstić information content (AvgIpc) is 2.47. The Balaban J connectivity index is 2.68. The molecule has 1 heterocycles. The van der Waals surface area contributed by atoms with E-state index in [2.05, 4.69) is 38.7 Å². The molecule has 0 amide bonds. The third kappa shape index (κ3) is 5.49. The van der Waals surface area contributed by atoms with Crippen molar-refractivity contribution in [2.45, 2.75) is 65.8 Å². The van der Waals surface area contributed by atoms with Crippen molar-refractivity contribution in [3.63, 3.8) is 0 Å². The Hall–Kier alpha value is -1.09. The van der Waals surface area contributed by atoms with Crippen LogP contribution in [-0.2, 0) is 6.54 Å². The Kier molecular flexibility index (Phi) is 7.60. The van der Waals surface area contributed by atoms with Crippen molar-refractivity contribution in [3.8, 4) is 5.88 Å². The summed E-state index contributed by atoms with van der Waals surface area (Å²) in [4.78, 5) is 4.59. The summed E-state index contributed by atoms with van der Waals surface area (Å²) >= 11 is 0. The monoisotopic (exact) mass is 278 g/mol. The lowest BCUT2D eigenvalue weighted by Crippen LogP contribution is -2.13. The second-order valence-electron chi connectivity index (χ2n) is 5.82. The first-order valence-corrected chi connectivity index (χ1v) is 7.94. The Bertz CT molecular complexity index is 391. The van der Waals surface area contributed by atoms with E-state index in [0.717, 1.165) is 30.2 Å². The number of aromatic nitrogens is 1. The van der Waals surface area contributed by atoms with E-state index in [4.69, 9.17) is 10.5 Å². The molecule has 0 spiro atoms. The van der Waals surface area contributed by atoms with E-state index in [9.17, 15) is 0 Å². The maximum Gasteiger partial charge on any atom is 0.213 e. The van der Waals surface area contributed by atoms with Crippen LogP contribution in [0.4, 0.5) is 0 Å². The van der Waals surface area contributed by atoms with Crippen LogP contribution < -0.4 is 10.5 Å². The van der Waals surface area contributed by atoms with Crippen LogP contribution in [0, 0.1) is 5.92 Å². The lowest BCUT2D eigenvalue weighted by Gasteiger charge is -2.16. The molecule has 0 aliphatic heterocycles. The minimum Gasteiger partial charge on any atom is -0.477 e. The molecule has 20 heavy (non-hydrogen) atoms. The molecule has 1 atom stereocenters. The van der Waals surface area contributed by atoms with E-state index >= 15 is 0 Å². The average molecular weight is 278 g/mol. The normalized spacial score (nSPS) is 12.7. The van der Waals surface area contributed by atoms with Gasteiger partial charge in [-0.05, 0) is 29.9 Å². The van der Waals surface area contributed by atoms with Crippen molar-refractivity contribution < 1.29 is 4.74 Å². The molecule has 3 nitrogen and oxygen atoms in total. The van der Waals surface area contributed by atoms with Gasteiger partial charge in [-0.1, -0.05) is 47.0 Å². The first-order valence-electron chi connectivity index (χ1n) is 7.94. The molecule has 0 aliphatic rings. The van der Waals surface area contributed by atoms with E-state index in [1.807, 2.05) is 6.07 Å². The second-order valence-corrected chi connectivity index (χ2v) is 5.82. The van der Waals surface area contributed by atoms with Gasteiger partial charge in [-0.2, -0.15) is 0 Å². The van der Waals surface area contributed by atoms with Crippen molar-refractivity contribution in [1.82, 2.24) is 4.98 Å². The van der Waals surface area contributed by atoms with E-state index in [-0.39, 0.29) is 0 Å². The van der Waals surface area contributed by atoms with Gasteiger partial charge >= 0.3 is 0 Å². The molecule has 114 valence electrons. The van der Waals surface area contributed by atoms with Crippen LogP contribution >= 0.6 is 0 Å². The van der Waals surface area contributed by atoms with Gasteiger partial charge in [0.1, 0.15) is 0 Å². The van der Waals surface area contributed by atoms with Crippen molar-refractivity contribution in [2.75, 3.05) is 6.61 Å². The first-order chi connectivity index (χ1) is 9.60. The van der Waals surface area contributed by atoms with E-state index in [1.54, 1.807) is 0 Å². The summed E-state index contributed by atoms with van der Waals surface area (Å²) in [5, 5.41) is 0. The molecule has 3 heteroatoms. The van der Waals surface area contributed by atoms with Gasteiger partial charge in [0.05, 0.1) is 6.61 Å². The highest BCUT2D eigenvalue weighted by atomic mass is 16.5. The number of hydrogen-bond acceptors (Lipinski definition) is 3. The number of nitrogens with two attached hydrogens (primary N) is 1. The highest BCUT2D eigenvalue weighted by molar-refractivity contribution is 5.26. The van der Waals surface area contributed by atoms with Crippen molar-refractivity contribution in [1.29, 1.82) is 0 Å². The van der Waals surface area contributed by atoms with Gasteiger partial charge in [0.2, 0.25) is 5.88 Å². The predicted molar refractivity (Wildman–Crippen MR) is 85.0 cm³/mol. The molecular weight excluding hydrogens is 248 g/mol. The Morgan fingerprint density at radius 1 is 1.25 bits per heavy atom. The van der Waals surface area contributed by atoms with Crippen molar-refractivity contribution >= 4 is 0 Å². The molecule has 0 bridgehead atoms. The Morgan fingerprint density at radius 3 is 2.55 bits per heavy atom. The lowest BCUT2D eigenvalue weighted by atomic mass is 10.0. The Labute approximate surface area is 123 Å². The van der Waals surface area contributed by atoms with Crippen LogP contribution in [0.5, 0.6) is 5.88 Å². The molecule has 0 aromatic carbocycles. The maximum absolute atomic E-state index is 5.92. The van der Waals surface area contributed by atoms with Gasteiger partial charge in [0.15, 0.2) is 0 Å². The van der Waals surface area contributed by atoms with Crippen LogP contribution in [0.2, 0.25) is 0 Å². The zero-order chi connectivity index (χ0) is 15.0. The zero-order valence-corrected chi connectivity index (χ0v) is 13.5. The van der Waals surface area contributed by atoms with Crippen molar-refractivity contribution in [2.24, 2.45) is 11.7 Å². The van der Waals surface area contributed by atoms with Gasteiger partial charge in [-0.15, -0.1) is 0 Å². The van der Waals surface area contributed by atoms with Gasteiger partial charge in [-0.25, -0.2) is 4.98 Å². The summed E-state index contributed by atoms with van der Waals surface area (Å²) in [7, 11) is 0. The number of rotatable bonds is 9. The molecular formula is C17H30N2O. The second kappa shape index (κ2) is 8.96. The van der Waals surface area contributed by atoms with Gasteiger partial charge in [-0.3, -0.25) is 0 Å². The predicted octanol–water partition coefficient (Wildman–Crippen LogP) is 4.26. The molecule has 2 N–H and O–H groups in total. The molecule has 1 unspecified atom stereocenters. The minimum atomic E-state index is 0.394. The van der Waals surface area contributed by atoms with Crippen molar-refractivity contribution in [3.05, 3.63) is 23.4 Å². The van der Waals surface area contributed by atoms with E-state index in [1.165, 1.54) is 19.3 Å². The number of ether oxygens (including phenoxy) is 1. The molecule has 1 aromatic rings. The fourth-order valence-corrected chi connectivity index (χ4v) is 2.17. The molecule has 0 aliphatic carbocycles. The fraction of sp³-hybridized carbons (Fsp3) is 0.706. The van der Waals surface area contributed by atoms with Gasteiger partial charge < -0.3 is 10.5 Å². The summed E-state index contributed by atoms with van der Waals surface area (Å²) in [5.74, 6) is 1.75. The summed E-state index contributed by atoms with van der Waals surface area (Å²) in [6.07, 6.45) is 4.92. The standard InChI is InChI=1S/C17H30N2O/c1-5-7-8-14(6-2)12-20-17-10-15(11-18)9-16(19-17)13(3)4/h9-10,13-14H,5-8,11-12,18H2,1-4H3. The SMILES string of the molecule is CCCCC(CC)COc1cc(CN)cc(C(C)C)n1. The summed E-state index contributed by atoms with van der Waals surface area (Å²) in [6.45, 7) is 10.0. The Morgan fingerprint density at radius 2 is 2.00 bits per heavy atom. The smallest absolute Gasteiger partial charge is 0.213 e. The van der Waals surface area contributed by atoms with E-state index < -0.39 is 0 Å². The number of hydrogen-bond donors (Lipinski definition) is 1.